The molecule has 0 N–H and O–H groups in total. The predicted octanol–water partition coefficient (Wildman–Crippen LogP) is 3.97. The first-order valence-electron chi connectivity index (χ1n) is 6.12. The smallest absolute Gasteiger partial charge is 0.339 e. The maximum atomic E-state index is 12.0. The zero-order valence-electron chi connectivity index (χ0n) is 10.8. The normalized spacial score (nSPS) is 11.6. The molecule has 0 aliphatic heterocycles. The third-order valence-corrected chi connectivity index (χ3v) is 2.46. The second-order valence-electron chi connectivity index (χ2n) is 4.31. The van der Waals surface area contributed by atoms with E-state index in [1.165, 1.54) is 0 Å². The van der Waals surface area contributed by atoms with Crippen LogP contribution in [0.4, 0.5) is 0 Å². The quantitative estimate of drug-likeness (QED) is 0.436. The van der Waals surface area contributed by atoms with Crippen molar-refractivity contribution >= 4 is 5.97 Å². The van der Waals surface area contributed by atoms with Crippen LogP contribution in [0.15, 0.2) is 42.0 Å². The van der Waals surface area contributed by atoms with Gasteiger partial charge in [0.2, 0.25) is 0 Å². The van der Waals surface area contributed by atoms with Crippen LogP contribution in [0.5, 0.6) is 5.75 Å². The minimum atomic E-state index is -0.236. The molecule has 0 aliphatic carbocycles. The molecule has 1 aromatic carbocycles. The Kier molecular flexibility index (Phi) is 5.47. The largest absolute Gasteiger partial charge is 0.423 e. The van der Waals surface area contributed by atoms with Gasteiger partial charge in [0.1, 0.15) is 5.75 Å². The van der Waals surface area contributed by atoms with Gasteiger partial charge in [-0.1, -0.05) is 51.5 Å². The Morgan fingerprint density at radius 2 is 1.94 bits per heavy atom. The molecule has 0 atom stereocenters. The van der Waals surface area contributed by atoms with Crippen molar-refractivity contribution in [1.29, 1.82) is 0 Å². The summed E-state index contributed by atoms with van der Waals surface area (Å²) in [4.78, 5) is 12.0. The fourth-order valence-corrected chi connectivity index (χ4v) is 1.51. The predicted molar refractivity (Wildman–Crippen MR) is 69.9 cm³/mol. The number of rotatable bonds is 5. The Hall–Kier alpha value is -1.57. The molecule has 0 bridgehead atoms. The molecule has 1 aromatic rings. The van der Waals surface area contributed by atoms with Crippen LogP contribution >= 0.6 is 0 Å². The first-order valence-corrected chi connectivity index (χ1v) is 6.12. The van der Waals surface area contributed by atoms with Crippen molar-refractivity contribution < 1.29 is 9.53 Å². The SMILES string of the molecule is CCCC=C(C(=O)Oc1ccccc1)C(C)C. The molecule has 0 amide bonds. The minimum Gasteiger partial charge on any atom is -0.423 e. The van der Waals surface area contributed by atoms with Crippen molar-refractivity contribution in [3.05, 3.63) is 42.0 Å². The van der Waals surface area contributed by atoms with E-state index in [-0.39, 0.29) is 11.9 Å². The monoisotopic (exact) mass is 232 g/mol. The number of benzene rings is 1. The van der Waals surface area contributed by atoms with E-state index < -0.39 is 0 Å². The topological polar surface area (TPSA) is 26.3 Å². The average molecular weight is 232 g/mol. The standard InChI is InChI=1S/C15H20O2/c1-4-5-11-14(12(2)3)15(16)17-13-9-7-6-8-10-13/h6-12H,4-5H2,1-3H3. The Balaban J connectivity index is 2.73. The van der Waals surface area contributed by atoms with Crippen LogP contribution in [0.1, 0.15) is 33.6 Å². The van der Waals surface area contributed by atoms with Gasteiger partial charge >= 0.3 is 5.97 Å². The van der Waals surface area contributed by atoms with Crippen molar-refractivity contribution in [2.75, 3.05) is 0 Å². The van der Waals surface area contributed by atoms with E-state index in [0.29, 0.717) is 5.75 Å². The summed E-state index contributed by atoms with van der Waals surface area (Å²) in [5, 5.41) is 0. The number of hydrogen-bond acceptors (Lipinski definition) is 2. The molecule has 0 radical (unpaired) electrons. The molecule has 0 heterocycles. The second kappa shape index (κ2) is 6.89. The van der Waals surface area contributed by atoms with Gasteiger partial charge in [0.15, 0.2) is 0 Å². The summed E-state index contributed by atoms with van der Waals surface area (Å²) in [6.07, 6.45) is 3.93. The lowest BCUT2D eigenvalue weighted by molar-refractivity contribution is -0.130. The Bertz CT molecular complexity index is 377. The van der Waals surface area contributed by atoms with Crippen molar-refractivity contribution in [3.63, 3.8) is 0 Å². The summed E-state index contributed by atoms with van der Waals surface area (Å²) in [6.45, 7) is 6.11. The first kappa shape index (κ1) is 13.5. The fraction of sp³-hybridized carbons (Fsp3) is 0.400. The van der Waals surface area contributed by atoms with E-state index in [1.54, 1.807) is 12.1 Å². The molecule has 92 valence electrons. The van der Waals surface area contributed by atoms with Crippen LogP contribution < -0.4 is 4.74 Å². The highest BCUT2D eigenvalue weighted by atomic mass is 16.5. The van der Waals surface area contributed by atoms with Gasteiger partial charge in [-0.25, -0.2) is 4.79 Å². The van der Waals surface area contributed by atoms with Gasteiger partial charge in [-0.2, -0.15) is 0 Å². The third kappa shape index (κ3) is 4.43. The number of para-hydroxylation sites is 1. The highest BCUT2D eigenvalue weighted by molar-refractivity contribution is 5.90. The molecular formula is C15H20O2. The van der Waals surface area contributed by atoms with Crippen LogP contribution in [0, 0.1) is 5.92 Å². The average Bonchev–Trinajstić information content (AvgIpc) is 2.30. The lowest BCUT2D eigenvalue weighted by atomic mass is 10.0. The molecule has 0 saturated carbocycles. The highest BCUT2D eigenvalue weighted by Gasteiger charge is 2.15. The third-order valence-electron chi connectivity index (χ3n) is 2.46. The van der Waals surface area contributed by atoms with Crippen LogP contribution in [0.3, 0.4) is 0 Å². The molecular weight excluding hydrogens is 212 g/mol. The van der Waals surface area contributed by atoms with Crippen molar-refractivity contribution in [1.82, 2.24) is 0 Å². The Morgan fingerprint density at radius 1 is 1.29 bits per heavy atom. The van der Waals surface area contributed by atoms with Gasteiger partial charge < -0.3 is 4.74 Å². The van der Waals surface area contributed by atoms with E-state index in [4.69, 9.17) is 4.74 Å². The maximum absolute atomic E-state index is 12.0. The molecule has 0 aromatic heterocycles. The van der Waals surface area contributed by atoms with Gasteiger partial charge in [0.05, 0.1) is 0 Å². The lowest BCUT2D eigenvalue weighted by Crippen LogP contribution is -2.15. The lowest BCUT2D eigenvalue weighted by Gasteiger charge is -2.10. The summed E-state index contributed by atoms with van der Waals surface area (Å²) in [5.74, 6) is 0.554. The number of allylic oxidation sites excluding steroid dienone is 1. The molecule has 17 heavy (non-hydrogen) atoms. The number of unbranched alkanes of at least 4 members (excludes halogenated alkanes) is 1. The Morgan fingerprint density at radius 3 is 2.47 bits per heavy atom. The molecule has 1 rings (SSSR count). The summed E-state index contributed by atoms with van der Waals surface area (Å²) in [5.41, 5.74) is 0.760. The van der Waals surface area contributed by atoms with Crippen LogP contribution in [-0.2, 0) is 4.79 Å². The number of esters is 1. The van der Waals surface area contributed by atoms with E-state index in [9.17, 15) is 4.79 Å². The van der Waals surface area contributed by atoms with Gasteiger partial charge in [0, 0.05) is 5.57 Å². The molecule has 0 unspecified atom stereocenters. The van der Waals surface area contributed by atoms with E-state index in [0.717, 1.165) is 18.4 Å². The molecule has 0 saturated heterocycles. The van der Waals surface area contributed by atoms with E-state index in [2.05, 4.69) is 6.92 Å². The minimum absolute atomic E-state index is 0.192. The van der Waals surface area contributed by atoms with Gasteiger partial charge in [0.25, 0.3) is 0 Å². The zero-order valence-corrected chi connectivity index (χ0v) is 10.8. The maximum Gasteiger partial charge on any atom is 0.339 e. The zero-order chi connectivity index (χ0) is 12.7. The van der Waals surface area contributed by atoms with Gasteiger partial charge in [-0.15, -0.1) is 0 Å². The van der Waals surface area contributed by atoms with Crippen LogP contribution in [-0.4, -0.2) is 5.97 Å². The molecule has 2 nitrogen and oxygen atoms in total. The van der Waals surface area contributed by atoms with E-state index in [1.807, 2.05) is 38.1 Å². The van der Waals surface area contributed by atoms with Crippen molar-refractivity contribution in [3.8, 4) is 5.75 Å². The summed E-state index contributed by atoms with van der Waals surface area (Å²) in [6, 6.07) is 9.18. The number of carbonyl (C=O) groups excluding carboxylic acids is 1. The first-order chi connectivity index (χ1) is 8.15. The van der Waals surface area contributed by atoms with E-state index >= 15 is 0 Å². The van der Waals surface area contributed by atoms with Crippen molar-refractivity contribution in [2.24, 2.45) is 5.92 Å². The summed E-state index contributed by atoms with van der Waals surface area (Å²) >= 11 is 0. The fourth-order valence-electron chi connectivity index (χ4n) is 1.51. The number of carbonyl (C=O) groups is 1. The summed E-state index contributed by atoms with van der Waals surface area (Å²) in [7, 11) is 0. The number of hydrogen-bond donors (Lipinski definition) is 0. The summed E-state index contributed by atoms with van der Waals surface area (Å²) < 4.78 is 5.33. The second-order valence-corrected chi connectivity index (χ2v) is 4.31. The molecule has 0 spiro atoms. The molecule has 0 fully saturated rings. The highest BCUT2D eigenvalue weighted by Crippen LogP contribution is 2.16. The molecule has 0 aliphatic rings. The van der Waals surface area contributed by atoms with Crippen LogP contribution in [0.25, 0.3) is 0 Å². The van der Waals surface area contributed by atoms with Crippen LogP contribution in [0.2, 0.25) is 0 Å². The van der Waals surface area contributed by atoms with Gasteiger partial charge in [-0.3, -0.25) is 0 Å². The van der Waals surface area contributed by atoms with Crippen molar-refractivity contribution in [2.45, 2.75) is 33.6 Å². The Labute approximate surface area is 103 Å². The molecule has 2 heteroatoms. The van der Waals surface area contributed by atoms with Gasteiger partial charge in [-0.05, 0) is 24.5 Å². The number of ether oxygens (including phenoxy) is 1.